The summed E-state index contributed by atoms with van der Waals surface area (Å²) in [5, 5.41) is 15.2. The monoisotopic (exact) mass is 459 g/mol. The fourth-order valence-electron chi connectivity index (χ4n) is 2.94. The van der Waals surface area contributed by atoms with Gasteiger partial charge in [0.25, 0.3) is 11.6 Å². The molecular formula is C22H25N3O6S. The Morgan fingerprint density at radius 2 is 1.66 bits per heavy atom. The van der Waals surface area contributed by atoms with Crippen LogP contribution in [0.15, 0.2) is 41.3 Å². The number of nitrogens with zero attached hydrogens (tertiary/aromatic N) is 1. The molecular weight excluding hydrogens is 434 g/mol. The molecule has 0 bridgehead atoms. The van der Waals surface area contributed by atoms with Crippen LogP contribution in [0.3, 0.4) is 0 Å². The maximum Gasteiger partial charge on any atom is 0.319 e. The second-order valence-electron chi connectivity index (χ2n) is 7.22. The highest BCUT2D eigenvalue weighted by Gasteiger charge is 2.18. The van der Waals surface area contributed by atoms with Crippen molar-refractivity contribution < 1.29 is 24.0 Å². The summed E-state index contributed by atoms with van der Waals surface area (Å²) >= 11 is 1.15. The zero-order valence-electron chi connectivity index (χ0n) is 18.3. The van der Waals surface area contributed by atoms with E-state index in [2.05, 4.69) is 10.6 Å². The molecule has 9 nitrogen and oxygen atoms in total. The number of nitro groups is 1. The molecule has 2 aromatic carbocycles. The predicted molar refractivity (Wildman–Crippen MR) is 122 cm³/mol. The van der Waals surface area contributed by atoms with Gasteiger partial charge < -0.3 is 15.4 Å². The van der Waals surface area contributed by atoms with E-state index in [1.165, 1.54) is 24.3 Å². The predicted octanol–water partition coefficient (Wildman–Crippen LogP) is 3.30. The zero-order valence-corrected chi connectivity index (χ0v) is 19.1. The minimum atomic E-state index is -0.625. The highest BCUT2D eigenvalue weighted by atomic mass is 32.2. The molecule has 1 unspecified atom stereocenters. The van der Waals surface area contributed by atoms with Crippen LogP contribution in [0.25, 0.3) is 0 Å². The summed E-state index contributed by atoms with van der Waals surface area (Å²) in [6.07, 6.45) is 0. The zero-order chi connectivity index (χ0) is 23.8. The van der Waals surface area contributed by atoms with Crippen molar-refractivity contribution in [2.45, 2.75) is 37.8 Å². The number of nitrogens with one attached hydrogen (secondary N) is 2. The summed E-state index contributed by atoms with van der Waals surface area (Å²) in [6, 6.07) is 9.68. The fourth-order valence-corrected chi connectivity index (χ4v) is 3.81. The first-order valence-electron chi connectivity index (χ1n) is 9.79. The van der Waals surface area contributed by atoms with E-state index in [4.69, 9.17) is 4.74 Å². The van der Waals surface area contributed by atoms with Gasteiger partial charge in [0.1, 0.15) is 5.25 Å². The average molecular weight is 460 g/mol. The van der Waals surface area contributed by atoms with Gasteiger partial charge in [-0.15, -0.1) is 11.8 Å². The van der Waals surface area contributed by atoms with Gasteiger partial charge in [-0.05, 0) is 51.0 Å². The van der Waals surface area contributed by atoms with Crippen molar-refractivity contribution in [2.24, 2.45) is 0 Å². The van der Waals surface area contributed by atoms with Gasteiger partial charge in [-0.25, -0.2) is 0 Å². The summed E-state index contributed by atoms with van der Waals surface area (Å²) in [5.74, 6) is -1.60. The largest absolute Gasteiger partial charge is 0.455 e. The third-order valence-electron chi connectivity index (χ3n) is 4.43. The molecule has 170 valence electrons. The first-order valence-corrected chi connectivity index (χ1v) is 10.7. The third-order valence-corrected chi connectivity index (χ3v) is 5.52. The third kappa shape index (κ3) is 7.38. The molecule has 2 aromatic rings. The molecule has 0 aromatic heterocycles. The van der Waals surface area contributed by atoms with Crippen molar-refractivity contribution in [2.75, 3.05) is 18.5 Å². The van der Waals surface area contributed by atoms with Crippen LogP contribution in [0.1, 0.15) is 23.6 Å². The molecule has 0 radical (unpaired) electrons. The van der Waals surface area contributed by atoms with E-state index >= 15 is 0 Å². The molecule has 10 heteroatoms. The maximum absolute atomic E-state index is 12.1. The lowest BCUT2D eigenvalue weighted by Gasteiger charge is -2.14. The Bertz CT molecular complexity index is 1000. The number of carbonyl (C=O) groups excluding carboxylic acids is 3. The molecule has 0 saturated carbocycles. The van der Waals surface area contributed by atoms with Gasteiger partial charge in [0, 0.05) is 22.7 Å². The summed E-state index contributed by atoms with van der Waals surface area (Å²) in [4.78, 5) is 47.0. The number of esters is 1. The van der Waals surface area contributed by atoms with Crippen LogP contribution in [0.2, 0.25) is 0 Å². The number of ether oxygens (including phenoxy) is 1. The number of non-ortho nitro benzene ring substituents is 1. The summed E-state index contributed by atoms with van der Waals surface area (Å²) in [6.45, 7) is 6.59. The molecule has 0 fully saturated rings. The van der Waals surface area contributed by atoms with E-state index < -0.39 is 28.7 Å². The van der Waals surface area contributed by atoms with E-state index in [0.29, 0.717) is 10.6 Å². The molecule has 0 aliphatic rings. The van der Waals surface area contributed by atoms with Crippen molar-refractivity contribution in [1.29, 1.82) is 0 Å². The fraction of sp³-hybridized carbons (Fsp3) is 0.318. The Morgan fingerprint density at radius 3 is 2.22 bits per heavy atom. The number of carbonyl (C=O) groups is 3. The lowest BCUT2D eigenvalue weighted by Crippen LogP contribution is -2.36. The minimum Gasteiger partial charge on any atom is -0.455 e. The number of benzene rings is 2. The van der Waals surface area contributed by atoms with Crippen LogP contribution in [0, 0.1) is 30.9 Å². The lowest BCUT2D eigenvalue weighted by atomic mass is 10.1. The SMILES string of the molecule is Cc1cc(C)c(NC(=O)CNC(=O)COC(=O)C(C)Sc2ccc([N+](=O)[O-])cc2)c(C)c1. The second kappa shape index (κ2) is 11.3. The average Bonchev–Trinajstić information content (AvgIpc) is 2.73. The van der Waals surface area contributed by atoms with Crippen molar-refractivity contribution in [3.63, 3.8) is 0 Å². The van der Waals surface area contributed by atoms with Gasteiger partial charge in [-0.1, -0.05) is 17.7 Å². The molecule has 2 N–H and O–H groups in total. The summed E-state index contributed by atoms with van der Waals surface area (Å²) < 4.78 is 4.99. The molecule has 0 aliphatic carbocycles. The van der Waals surface area contributed by atoms with Crippen molar-refractivity contribution in [3.05, 3.63) is 63.2 Å². The maximum atomic E-state index is 12.1. The molecule has 0 aliphatic heterocycles. The van der Waals surface area contributed by atoms with Crippen LogP contribution < -0.4 is 10.6 Å². The van der Waals surface area contributed by atoms with Crippen LogP contribution in [0.4, 0.5) is 11.4 Å². The Kier molecular flexibility index (Phi) is 8.77. The van der Waals surface area contributed by atoms with E-state index in [1.54, 1.807) is 6.92 Å². The number of aryl methyl sites for hydroxylation is 3. The number of thioether (sulfide) groups is 1. The highest BCUT2D eigenvalue weighted by Crippen LogP contribution is 2.26. The first-order chi connectivity index (χ1) is 15.1. The first kappa shape index (κ1) is 24.9. The molecule has 1 atom stereocenters. The van der Waals surface area contributed by atoms with E-state index in [9.17, 15) is 24.5 Å². The Hall–Kier alpha value is -3.40. The van der Waals surface area contributed by atoms with Crippen molar-refractivity contribution in [3.8, 4) is 0 Å². The Labute approximate surface area is 190 Å². The number of nitro benzene ring substituents is 1. The lowest BCUT2D eigenvalue weighted by molar-refractivity contribution is -0.384. The quantitative estimate of drug-likeness (QED) is 0.255. The van der Waals surface area contributed by atoms with Crippen LogP contribution in [0.5, 0.6) is 0 Å². The molecule has 32 heavy (non-hydrogen) atoms. The Balaban J connectivity index is 1.75. The van der Waals surface area contributed by atoms with Gasteiger partial charge in [0.05, 0.1) is 11.5 Å². The number of rotatable bonds is 9. The number of anilines is 1. The standard InChI is InChI=1S/C22H25N3O6S/c1-13-9-14(2)21(15(3)10-13)24-19(26)11-23-20(27)12-31-22(28)16(4)32-18-7-5-17(6-8-18)25(29)30/h5-10,16H,11-12H2,1-4H3,(H,23,27)(H,24,26). The van der Waals surface area contributed by atoms with Gasteiger partial charge >= 0.3 is 5.97 Å². The normalized spacial score (nSPS) is 11.4. The molecule has 2 amide bonds. The summed E-state index contributed by atoms with van der Waals surface area (Å²) in [7, 11) is 0. The topological polar surface area (TPSA) is 128 Å². The van der Waals surface area contributed by atoms with Gasteiger partial charge in [0.2, 0.25) is 5.91 Å². The van der Waals surface area contributed by atoms with Gasteiger partial charge in [-0.3, -0.25) is 24.5 Å². The van der Waals surface area contributed by atoms with E-state index in [1.807, 2.05) is 32.9 Å². The summed E-state index contributed by atoms with van der Waals surface area (Å²) in [5.41, 5.74) is 3.61. The second-order valence-corrected chi connectivity index (χ2v) is 8.63. The molecule has 2 rings (SSSR count). The van der Waals surface area contributed by atoms with Gasteiger partial charge in [0.15, 0.2) is 6.61 Å². The minimum absolute atomic E-state index is 0.0435. The van der Waals surface area contributed by atoms with Crippen LogP contribution >= 0.6 is 11.8 Å². The molecule has 0 heterocycles. The van der Waals surface area contributed by atoms with E-state index in [-0.39, 0.29) is 18.1 Å². The van der Waals surface area contributed by atoms with Crippen molar-refractivity contribution in [1.82, 2.24) is 5.32 Å². The highest BCUT2D eigenvalue weighted by molar-refractivity contribution is 8.00. The number of hydrogen-bond donors (Lipinski definition) is 2. The van der Waals surface area contributed by atoms with Crippen LogP contribution in [-0.2, 0) is 19.1 Å². The van der Waals surface area contributed by atoms with Crippen molar-refractivity contribution >= 4 is 40.9 Å². The molecule has 0 spiro atoms. The smallest absolute Gasteiger partial charge is 0.319 e. The van der Waals surface area contributed by atoms with Crippen LogP contribution in [-0.4, -0.2) is 41.1 Å². The number of hydrogen-bond acceptors (Lipinski definition) is 7. The van der Waals surface area contributed by atoms with Gasteiger partial charge in [-0.2, -0.15) is 0 Å². The molecule has 0 saturated heterocycles. The Morgan fingerprint density at radius 1 is 1.06 bits per heavy atom. The number of amides is 2. The van der Waals surface area contributed by atoms with E-state index in [0.717, 1.165) is 28.5 Å².